The molecule has 0 bridgehead atoms. The zero-order chi connectivity index (χ0) is 13.2. The normalized spacial score (nSPS) is 14.7. The van der Waals surface area contributed by atoms with E-state index in [-0.39, 0.29) is 0 Å². The molecule has 0 saturated carbocycles. The average molecular weight is 255 g/mol. The molecule has 0 spiro atoms. The second-order valence-corrected chi connectivity index (χ2v) is 5.54. The number of hydrogen-bond donors (Lipinski definition) is 1. The molecule has 0 fully saturated rings. The predicted molar refractivity (Wildman–Crippen MR) is 77.3 cm³/mol. The maximum Gasteiger partial charge on any atom is 0.0668 e. The van der Waals surface area contributed by atoms with Crippen LogP contribution < -0.4 is 5.32 Å². The van der Waals surface area contributed by atoms with E-state index in [1.807, 2.05) is 4.68 Å². The van der Waals surface area contributed by atoms with E-state index in [0.29, 0.717) is 6.04 Å². The van der Waals surface area contributed by atoms with Crippen LogP contribution in [-0.4, -0.2) is 16.3 Å². The summed E-state index contributed by atoms with van der Waals surface area (Å²) in [5, 5.41) is 8.12. The Morgan fingerprint density at radius 1 is 1.32 bits per heavy atom. The third kappa shape index (κ3) is 2.56. The first kappa shape index (κ1) is 12.4. The summed E-state index contributed by atoms with van der Waals surface area (Å²) in [5.74, 6) is 0. The van der Waals surface area contributed by atoms with Gasteiger partial charge in [0.2, 0.25) is 0 Å². The summed E-state index contributed by atoms with van der Waals surface area (Å²) >= 11 is 0. The van der Waals surface area contributed by atoms with Crippen LogP contribution >= 0.6 is 0 Å². The van der Waals surface area contributed by atoms with E-state index in [0.717, 1.165) is 31.6 Å². The Bertz CT molecular complexity index is 569. The summed E-state index contributed by atoms with van der Waals surface area (Å²) in [6, 6.07) is 9.24. The zero-order valence-corrected chi connectivity index (χ0v) is 11.7. The van der Waals surface area contributed by atoms with E-state index in [1.165, 1.54) is 16.7 Å². The van der Waals surface area contributed by atoms with E-state index < -0.39 is 0 Å². The molecule has 0 atom stereocenters. The second kappa shape index (κ2) is 5.17. The molecule has 3 nitrogen and oxygen atoms in total. The van der Waals surface area contributed by atoms with Crippen molar-refractivity contribution in [2.75, 3.05) is 6.54 Å². The van der Waals surface area contributed by atoms with Crippen LogP contribution in [0, 0.1) is 0 Å². The van der Waals surface area contributed by atoms with Crippen LogP contribution in [0.2, 0.25) is 0 Å². The lowest BCUT2D eigenvalue weighted by molar-refractivity contribution is 0.527. The number of nitrogens with one attached hydrogen (secondary N) is 1. The van der Waals surface area contributed by atoms with Gasteiger partial charge in [-0.2, -0.15) is 5.10 Å². The standard InChI is InChI=1S/C16H21N3/c1-12(2)19-9-7-15(18-19)10-14-5-3-4-13-6-8-17-11-16(13)14/h3-5,7,9,12,17H,6,8,10-11H2,1-2H3. The summed E-state index contributed by atoms with van der Waals surface area (Å²) in [5.41, 5.74) is 5.55. The molecular formula is C16H21N3. The molecule has 1 aromatic heterocycles. The van der Waals surface area contributed by atoms with Gasteiger partial charge in [0, 0.05) is 25.2 Å². The molecule has 0 amide bonds. The molecule has 3 heteroatoms. The Hall–Kier alpha value is -1.61. The Labute approximate surface area is 114 Å². The van der Waals surface area contributed by atoms with E-state index in [2.05, 4.69) is 54.7 Å². The monoisotopic (exact) mass is 255 g/mol. The molecule has 0 unspecified atom stereocenters. The van der Waals surface area contributed by atoms with Crippen molar-refractivity contribution in [1.29, 1.82) is 0 Å². The summed E-state index contributed by atoms with van der Waals surface area (Å²) in [6.07, 6.45) is 4.15. The topological polar surface area (TPSA) is 29.9 Å². The van der Waals surface area contributed by atoms with Crippen LogP contribution in [-0.2, 0) is 19.4 Å². The van der Waals surface area contributed by atoms with Crippen LogP contribution in [0.25, 0.3) is 0 Å². The van der Waals surface area contributed by atoms with Gasteiger partial charge in [-0.3, -0.25) is 4.68 Å². The highest BCUT2D eigenvalue weighted by Gasteiger charge is 2.13. The predicted octanol–water partition coefficient (Wildman–Crippen LogP) is 2.70. The highest BCUT2D eigenvalue weighted by molar-refractivity contribution is 5.38. The fraction of sp³-hybridized carbons (Fsp3) is 0.438. The average Bonchev–Trinajstić information content (AvgIpc) is 2.88. The van der Waals surface area contributed by atoms with Crippen molar-refractivity contribution in [1.82, 2.24) is 15.1 Å². The van der Waals surface area contributed by atoms with Gasteiger partial charge >= 0.3 is 0 Å². The van der Waals surface area contributed by atoms with Crippen LogP contribution in [0.3, 0.4) is 0 Å². The van der Waals surface area contributed by atoms with Gasteiger partial charge in [-0.1, -0.05) is 18.2 Å². The number of fused-ring (bicyclic) bond motifs is 1. The maximum absolute atomic E-state index is 4.65. The van der Waals surface area contributed by atoms with Gasteiger partial charge in [0.1, 0.15) is 0 Å². The molecule has 1 aliphatic heterocycles. The number of aromatic nitrogens is 2. The lowest BCUT2D eigenvalue weighted by atomic mass is 9.94. The Morgan fingerprint density at radius 2 is 2.21 bits per heavy atom. The van der Waals surface area contributed by atoms with Gasteiger partial charge in [0.25, 0.3) is 0 Å². The minimum atomic E-state index is 0.431. The van der Waals surface area contributed by atoms with Gasteiger partial charge in [-0.15, -0.1) is 0 Å². The van der Waals surface area contributed by atoms with E-state index in [4.69, 9.17) is 0 Å². The van der Waals surface area contributed by atoms with Crippen LogP contribution in [0.15, 0.2) is 30.5 Å². The third-order valence-corrected chi connectivity index (χ3v) is 3.81. The van der Waals surface area contributed by atoms with Crippen LogP contribution in [0.4, 0.5) is 0 Å². The van der Waals surface area contributed by atoms with E-state index in [9.17, 15) is 0 Å². The molecule has 1 aliphatic rings. The molecular weight excluding hydrogens is 234 g/mol. The molecule has 0 radical (unpaired) electrons. The van der Waals surface area contributed by atoms with Crippen molar-refractivity contribution in [3.63, 3.8) is 0 Å². The van der Waals surface area contributed by atoms with Crippen molar-refractivity contribution < 1.29 is 0 Å². The zero-order valence-electron chi connectivity index (χ0n) is 11.7. The first-order valence-corrected chi connectivity index (χ1v) is 7.08. The van der Waals surface area contributed by atoms with Crippen molar-refractivity contribution in [3.05, 3.63) is 52.8 Å². The Balaban J connectivity index is 1.86. The van der Waals surface area contributed by atoms with Crippen molar-refractivity contribution >= 4 is 0 Å². The maximum atomic E-state index is 4.65. The minimum Gasteiger partial charge on any atom is -0.312 e. The van der Waals surface area contributed by atoms with Gasteiger partial charge in [-0.05, 0) is 49.6 Å². The lowest BCUT2D eigenvalue weighted by Gasteiger charge is -2.20. The highest BCUT2D eigenvalue weighted by Crippen LogP contribution is 2.21. The quantitative estimate of drug-likeness (QED) is 0.914. The largest absolute Gasteiger partial charge is 0.312 e. The third-order valence-electron chi connectivity index (χ3n) is 3.81. The molecule has 0 aliphatic carbocycles. The lowest BCUT2D eigenvalue weighted by Crippen LogP contribution is -2.24. The van der Waals surface area contributed by atoms with E-state index in [1.54, 1.807) is 0 Å². The van der Waals surface area contributed by atoms with Gasteiger partial charge in [0.05, 0.1) is 5.69 Å². The van der Waals surface area contributed by atoms with Crippen LogP contribution in [0.5, 0.6) is 0 Å². The summed E-state index contributed by atoms with van der Waals surface area (Å²) in [6.45, 7) is 6.41. The smallest absolute Gasteiger partial charge is 0.0668 e. The summed E-state index contributed by atoms with van der Waals surface area (Å²) in [7, 11) is 0. The molecule has 2 heterocycles. The second-order valence-electron chi connectivity index (χ2n) is 5.54. The van der Waals surface area contributed by atoms with Gasteiger partial charge < -0.3 is 5.32 Å². The number of rotatable bonds is 3. The number of nitrogens with zero attached hydrogens (tertiary/aromatic N) is 2. The molecule has 2 aromatic rings. The van der Waals surface area contributed by atoms with Crippen molar-refractivity contribution in [3.8, 4) is 0 Å². The summed E-state index contributed by atoms with van der Waals surface area (Å²) in [4.78, 5) is 0. The van der Waals surface area contributed by atoms with E-state index >= 15 is 0 Å². The number of benzene rings is 1. The fourth-order valence-corrected chi connectivity index (χ4v) is 2.71. The Kier molecular flexibility index (Phi) is 3.38. The van der Waals surface area contributed by atoms with Crippen LogP contribution in [0.1, 0.15) is 42.3 Å². The molecule has 100 valence electrons. The fourth-order valence-electron chi connectivity index (χ4n) is 2.71. The molecule has 1 aromatic carbocycles. The van der Waals surface area contributed by atoms with Crippen molar-refractivity contribution in [2.45, 2.75) is 39.3 Å². The molecule has 1 N–H and O–H groups in total. The molecule has 3 rings (SSSR count). The highest BCUT2D eigenvalue weighted by atomic mass is 15.3. The SMILES string of the molecule is CC(C)n1ccc(Cc2cccc3c2CNCC3)n1. The summed E-state index contributed by atoms with van der Waals surface area (Å²) < 4.78 is 2.03. The first-order chi connectivity index (χ1) is 9.24. The first-order valence-electron chi connectivity index (χ1n) is 7.08. The van der Waals surface area contributed by atoms with Gasteiger partial charge in [0.15, 0.2) is 0 Å². The Morgan fingerprint density at radius 3 is 3.00 bits per heavy atom. The molecule has 0 saturated heterocycles. The molecule has 19 heavy (non-hydrogen) atoms. The van der Waals surface area contributed by atoms with Gasteiger partial charge in [-0.25, -0.2) is 0 Å². The number of hydrogen-bond acceptors (Lipinski definition) is 2. The van der Waals surface area contributed by atoms with Crippen molar-refractivity contribution in [2.24, 2.45) is 0 Å². The minimum absolute atomic E-state index is 0.431.